The smallest absolute Gasteiger partial charge is 0.228 e. The SMILES string of the molecule is COc1cc(C)c(CN2CCN(C(=O)C34C[C@H]5C[C@@H](CC(Cl)(C5)C3)C4)CC2)cc1OC. The Labute approximate surface area is 191 Å². The Morgan fingerprint density at radius 3 is 2.23 bits per heavy atom. The maximum Gasteiger partial charge on any atom is 0.228 e. The normalized spacial score (nSPS) is 34.8. The molecule has 0 radical (unpaired) electrons. The minimum absolute atomic E-state index is 0.105. The van der Waals surface area contributed by atoms with E-state index in [0.717, 1.165) is 76.3 Å². The van der Waals surface area contributed by atoms with Crippen molar-refractivity contribution in [3.8, 4) is 11.5 Å². The quantitative estimate of drug-likeness (QED) is 0.634. The topological polar surface area (TPSA) is 42.0 Å². The second-order valence-corrected chi connectivity index (χ2v) is 11.4. The highest BCUT2D eigenvalue weighted by Crippen LogP contribution is 2.64. The van der Waals surface area contributed by atoms with Gasteiger partial charge in [0.25, 0.3) is 0 Å². The van der Waals surface area contributed by atoms with Crippen LogP contribution in [0.3, 0.4) is 0 Å². The van der Waals surface area contributed by atoms with Crippen LogP contribution >= 0.6 is 11.6 Å². The standard InChI is InChI=1S/C25H35ClN2O3/c1-17-8-21(30-2)22(31-3)10-20(17)15-27-4-6-28(7-5-27)23(29)24-11-18-9-19(12-24)14-25(26,13-18)16-24/h8,10,18-19H,4-7,9,11-16H2,1-3H3/t18-,19-,24?,25?/m1/s1. The van der Waals surface area contributed by atoms with Crippen LogP contribution in [-0.4, -0.2) is 61.0 Å². The van der Waals surface area contributed by atoms with E-state index in [0.29, 0.717) is 17.7 Å². The third kappa shape index (κ3) is 3.82. The molecule has 31 heavy (non-hydrogen) atoms. The first-order valence-electron chi connectivity index (χ1n) is 11.8. The number of carbonyl (C=O) groups is 1. The van der Waals surface area contributed by atoms with E-state index in [1.807, 2.05) is 6.07 Å². The zero-order valence-electron chi connectivity index (χ0n) is 19.1. The van der Waals surface area contributed by atoms with Crippen molar-refractivity contribution in [1.82, 2.24) is 9.80 Å². The molecule has 170 valence electrons. The van der Waals surface area contributed by atoms with E-state index in [9.17, 15) is 4.79 Å². The second kappa shape index (κ2) is 7.84. The highest BCUT2D eigenvalue weighted by molar-refractivity contribution is 6.24. The lowest BCUT2D eigenvalue weighted by molar-refractivity contribution is -0.157. The van der Waals surface area contributed by atoms with E-state index in [1.54, 1.807) is 14.2 Å². The van der Waals surface area contributed by atoms with Gasteiger partial charge in [-0.3, -0.25) is 9.69 Å². The van der Waals surface area contributed by atoms with E-state index in [2.05, 4.69) is 22.8 Å². The molecule has 2 atom stereocenters. The van der Waals surface area contributed by atoms with Gasteiger partial charge in [-0.05, 0) is 80.5 Å². The lowest BCUT2D eigenvalue weighted by Crippen LogP contribution is -2.61. The first kappa shape index (κ1) is 21.4. The Bertz CT molecular complexity index is 851. The third-order valence-corrected chi connectivity index (χ3v) is 8.78. The van der Waals surface area contributed by atoms with E-state index in [-0.39, 0.29) is 10.3 Å². The Hall–Kier alpha value is -1.46. The second-order valence-electron chi connectivity index (χ2n) is 10.6. The number of hydrogen-bond acceptors (Lipinski definition) is 4. The molecule has 0 aromatic heterocycles. The molecule has 0 spiro atoms. The number of halogens is 1. The van der Waals surface area contributed by atoms with Crippen molar-refractivity contribution in [2.75, 3.05) is 40.4 Å². The maximum absolute atomic E-state index is 13.7. The Morgan fingerprint density at radius 1 is 1.03 bits per heavy atom. The summed E-state index contributed by atoms with van der Waals surface area (Å²) in [5.41, 5.74) is 2.29. The molecule has 1 amide bonds. The third-order valence-electron chi connectivity index (χ3n) is 8.34. The molecule has 0 N–H and O–H groups in total. The summed E-state index contributed by atoms with van der Waals surface area (Å²) in [6.07, 6.45) is 6.58. The molecule has 0 unspecified atom stereocenters. The number of alkyl halides is 1. The predicted octanol–water partition coefficient (Wildman–Crippen LogP) is 4.23. The van der Waals surface area contributed by atoms with Crippen molar-refractivity contribution in [2.45, 2.75) is 56.9 Å². The largest absolute Gasteiger partial charge is 0.493 e. The zero-order valence-corrected chi connectivity index (χ0v) is 19.8. The van der Waals surface area contributed by atoms with Gasteiger partial charge in [0.1, 0.15) is 0 Å². The van der Waals surface area contributed by atoms with Gasteiger partial charge in [0.15, 0.2) is 11.5 Å². The zero-order chi connectivity index (χ0) is 21.8. The van der Waals surface area contributed by atoms with E-state index in [1.165, 1.54) is 17.5 Å². The minimum atomic E-state index is -0.173. The summed E-state index contributed by atoms with van der Waals surface area (Å²) < 4.78 is 10.9. The molecule has 4 saturated carbocycles. The fraction of sp³-hybridized carbons (Fsp3) is 0.720. The number of ether oxygens (including phenoxy) is 2. The van der Waals surface area contributed by atoms with Crippen molar-refractivity contribution >= 4 is 17.5 Å². The molecule has 4 aliphatic carbocycles. The lowest BCUT2D eigenvalue weighted by Gasteiger charge is -2.60. The van der Waals surface area contributed by atoms with Gasteiger partial charge >= 0.3 is 0 Å². The first-order valence-corrected chi connectivity index (χ1v) is 12.1. The van der Waals surface area contributed by atoms with Crippen molar-refractivity contribution in [3.05, 3.63) is 23.3 Å². The molecular weight excluding hydrogens is 412 g/mol. The Morgan fingerprint density at radius 2 is 1.65 bits per heavy atom. The van der Waals surface area contributed by atoms with E-state index >= 15 is 0 Å². The van der Waals surface area contributed by atoms with Gasteiger partial charge in [-0.15, -0.1) is 11.6 Å². The van der Waals surface area contributed by atoms with Crippen LogP contribution in [0, 0.1) is 24.2 Å². The fourth-order valence-corrected chi connectivity index (χ4v) is 7.97. The molecule has 1 aromatic rings. The summed E-state index contributed by atoms with van der Waals surface area (Å²) in [5.74, 6) is 3.27. The van der Waals surface area contributed by atoms with Crippen LogP contribution in [0.5, 0.6) is 11.5 Å². The number of methoxy groups -OCH3 is 2. The van der Waals surface area contributed by atoms with Crippen molar-refractivity contribution in [2.24, 2.45) is 17.3 Å². The summed E-state index contributed by atoms with van der Waals surface area (Å²) in [5, 5.41) is 0. The highest BCUT2D eigenvalue weighted by atomic mass is 35.5. The number of nitrogens with zero attached hydrogens (tertiary/aromatic N) is 2. The molecule has 1 saturated heterocycles. The number of piperazine rings is 1. The van der Waals surface area contributed by atoms with Gasteiger partial charge in [0.05, 0.1) is 19.6 Å². The summed E-state index contributed by atoms with van der Waals surface area (Å²) in [6.45, 7) is 6.44. The number of benzene rings is 1. The van der Waals surface area contributed by atoms with Crippen LogP contribution in [0.2, 0.25) is 0 Å². The van der Waals surface area contributed by atoms with Crippen LogP contribution < -0.4 is 9.47 Å². The summed E-state index contributed by atoms with van der Waals surface area (Å²) >= 11 is 6.98. The minimum Gasteiger partial charge on any atom is -0.493 e. The number of hydrogen-bond donors (Lipinski definition) is 0. The molecule has 5 nitrogen and oxygen atoms in total. The van der Waals surface area contributed by atoms with Crippen LogP contribution in [0.1, 0.15) is 49.7 Å². The van der Waals surface area contributed by atoms with Gasteiger partial charge in [0, 0.05) is 37.6 Å². The number of carbonyl (C=O) groups excluding carboxylic acids is 1. The summed E-state index contributed by atoms with van der Waals surface area (Å²) in [4.78, 5) is 18.2. The summed E-state index contributed by atoms with van der Waals surface area (Å²) in [6, 6.07) is 4.13. The average molecular weight is 447 g/mol. The molecule has 6 rings (SSSR count). The van der Waals surface area contributed by atoms with Crippen molar-refractivity contribution < 1.29 is 14.3 Å². The predicted molar refractivity (Wildman–Crippen MR) is 122 cm³/mol. The van der Waals surface area contributed by atoms with Gasteiger partial charge < -0.3 is 14.4 Å². The summed E-state index contributed by atoms with van der Waals surface area (Å²) in [7, 11) is 3.35. The molecule has 5 aliphatic rings. The fourth-order valence-electron chi connectivity index (χ4n) is 7.28. The van der Waals surface area contributed by atoms with Crippen LogP contribution in [0.25, 0.3) is 0 Å². The molecule has 6 heteroatoms. The monoisotopic (exact) mass is 446 g/mol. The van der Waals surface area contributed by atoms with Crippen molar-refractivity contribution in [1.29, 1.82) is 0 Å². The van der Waals surface area contributed by atoms with Gasteiger partial charge in [0.2, 0.25) is 5.91 Å². The Kier molecular flexibility index (Phi) is 5.41. The van der Waals surface area contributed by atoms with E-state index < -0.39 is 0 Å². The lowest BCUT2D eigenvalue weighted by atomic mass is 9.49. The van der Waals surface area contributed by atoms with E-state index in [4.69, 9.17) is 21.1 Å². The highest BCUT2D eigenvalue weighted by Gasteiger charge is 2.60. The molecular formula is C25H35ClN2O3. The molecule has 1 heterocycles. The molecule has 4 bridgehead atoms. The van der Waals surface area contributed by atoms with Crippen LogP contribution in [0.4, 0.5) is 0 Å². The van der Waals surface area contributed by atoms with Gasteiger partial charge in [-0.25, -0.2) is 0 Å². The first-order chi connectivity index (χ1) is 14.8. The van der Waals surface area contributed by atoms with Gasteiger partial charge in [-0.2, -0.15) is 0 Å². The number of rotatable bonds is 5. The molecule has 1 aliphatic heterocycles. The van der Waals surface area contributed by atoms with Crippen molar-refractivity contribution in [3.63, 3.8) is 0 Å². The van der Waals surface area contributed by atoms with Gasteiger partial charge in [-0.1, -0.05) is 0 Å². The molecule has 5 fully saturated rings. The number of aryl methyl sites for hydroxylation is 1. The molecule has 1 aromatic carbocycles. The maximum atomic E-state index is 13.7. The number of amides is 1. The van der Waals surface area contributed by atoms with Crippen LogP contribution in [-0.2, 0) is 11.3 Å². The average Bonchev–Trinajstić information content (AvgIpc) is 2.73. The van der Waals surface area contributed by atoms with Crippen LogP contribution in [0.15, 0.2) is 12.1 Å². The Balaban J connectivity index is 1.23.